The molecule has 17 heavy (non-hydrogen) atoms. The molecule has 2 heterocycles. The van der Waals surface area contributed by atoms with Gasteiger partial charge in [-0.1, -0.05) is 18.0 Å². The summed E-state index contributed by atoms with van der Waals surface area (Å²) >= 11 is 7.55. The van der Waals surface area contributed by atoms with Crippen molar-refractivity contribution in [2.45, 2.75) is 44.7 Å². The quantitative estimate of drug-likeness (QED) is 0.776. The van der Waals surface area contributed by atoms with Crippen molar-refractivity contribution in [2.24, 2.45) is 0 Å². The summed E-state index contributed by atoms with van der Waals surface area (Å²) in [4.78, 5) is 1.32. The second-order valence-corrected chi connectivity index (χ2v) is 6.47. The van der Waals surface area contributed by atoms with Crippen LogP contribution in [0.1, 0.15) is 37.0 Å². The number of thiophene rings is 1. The second-order valence-electron chi connectivity index (χ2n) is 4.67. The summed E-state index contributed by atoms with van der Waals surface area (Å²) in [5, 5.41) is 7.07. The molecule has 0 aliphatic carbocycles. The van der Waals surface area contributed by atoms with Crippen molar-refractivity contribution in [1.82, 2.24) is 10.6 Å². The zero-order valence-electron chi connectivity index (χ0n) is 10.2. The fraction of sp³-hybridized carbons (Fsp3) is 0.692. The average molecular weight is 273 g/mol. The summed E-state index contributed by atoms with van der Waals surface area (Å²) in [5.41, 5.74) is 0. The van der Waals surface area contributed by atoms with Gasteiger partial charge in [-0.3, -0.25) is 0 Å². The predicted octanol–water partition coefficient (Wildman–Crippen LogP) is 3.41. The molecule has 0 radical (unpaired) electrons. The molecule has 1 aliphatic heterocycles. The highest BCUT2D eigenvalue weighted by Crippen LogP contribution is 2.21. The Morgan fingerprint density at radius 2 is 2.35 bits per heavy atom. The van der Waals surface area contributed by atoms with Crippen LogP contribution in [0.15, 0.2) is 12.1 Å². The lowest BCUT2D eigenvalue weighted by Gasteiger charge is -2.23. The first-order valence-corrected chi connectivity index (χ1v) is 7.72. The van der Waals surface area contributed by atoms with Gasteiger partial charge in [-0.05, 0) is 50.9 Å². The van der Waals surface area contributed by atoms with Crippen molar-refractivity contribution in [1.29, 1.82) is 0 Å². The molecule has 2 N–H and O–H groups in total. The molecule has 0 spiro atoms. The van der Waals surface area contributed by atoms with E-state index in [2.05, 4.69) is 16.7 Å². The molecule has 1 aliphatic rings. The van der Waals surface area contributed by atoms with Crippen LogP contribution in [-0.2, 0) is 6.54 Å². The number of rotatable bonds is 6. The Morgan fingerprint density at radius 1 is 1.41 bits per heavy atom. The van der Waals surface area contributed by atoms with E-state index in [1.54, 1.807) is 11.3 Å². The van der Waals surface area contributed by atoms with Crippen LogP contribution >= 0.6 is 22.9 Å². The van der Waals surface area contributed by atoms with Gasteiger partial charge in [0.15, 0.2) is 0 Å². The van der Waals surface area contributed by atoms with Gasteiger partial charge in [0, 0.05) is 17.5 Å². The maximum Gasteiger partial charge on any atom is 0.0931 e. The van der Waals surface area contributed by atoms with Crippen LogP contribution in [0, 0.1) is 0 Å². The normalized spacial score (nSPS) is 20.6. The highest BCUT2D eigenvalue weighted by Gasteiger charge is 2.11. The molecule has 0 amide bonds. The van der Waals surface area contributed by atoms with E-state index in [-0.39, 0.29) is 0 Å². The van der Waals surface area contributed by atoms with Gasteiger partial charge in [-0.25, -0.2) is 0 Å². The summed E-state index contributed by atoms with van der Waals surface area (Å²) < 4.78 is 0.883. The van der Waals surface area contributed by atoms with Gasteiger partial charge < -0.3 is 10.6 Å². The van der Waals surface area contributed by atoms with Crippen LogP contribution in [0.4, 0.5) is 0 Å². The highest BCUT2D eigenvalue weighted by molar-refractivity contribution is 7.16. The van der Waals surface area contributed by atoms with Gasteiger partial charge >= 0.3 is 0 Å². The highest BCUT2D eigenvalue weighted by atomic mass is 35.5. The van der Waals surface area contributed by atoms with Crippen LogP contribution in [0.2, 0.25) is 4.34 Å². The molecule has 0 aromatic carbocycles. The first-order chi connectivity index (χ1) is 8.34. The van der Waals surface area contributed by atoms with E-state index in [9.17, 15) is 0 Å². The van der Waals surface area contributed by atoms with Crippen molar-refractivity contribution in [3.8, 4) is 0 Å². The summed E-state index contributed by atoms with van der Waals surface area (Å²) in [6.45, 7) is 3.27. The lowest BCUT2D eigenvalue weighted by atomic mass is 10.0. The first-order valence-electron chi connectivity index (χ1n) is 6.53. The molecule has 96 valence electrons. The van der Waals surface area contributed by atoms with Crippen molar-refractivity contribution < 1.29 is 0 Å². The monoisotopic (exact) mass is 272 g/mol. The minimum absolute atomic E-state index is 0.765. The Kier molecular flexibility index (Phi) is 5.78. The molecule has 1 saturated heterocycles. The van der Waals surface area contributed by atoms with Gasteiger partial charge in [0.25, 0.3) is 0 Å². The molecule has 2 rings (SSSR count). The minimum Gasteiger partial charge on any atom is -0.314 e. The first kappa shape index (κ1) is 13.3. The fourth-order valence-electron chi connectivity index (χ4n) is 2.30. The molecule has 1 unspecified atom stereocenters. The molecule has 1 fully saturated rings. The zero-order chi connectivity index (χ0) is 11.9. The van der Waals surface area contributed by atoms with Gasteiger partial charge in [-0.15, -0.1) is 11.3 Å². The Labute approximate surface area is 113 Å². The number of halogens is 1. The standard InChI is InChI=1S/C13H21ClN2S/c14-13-7-6-12(17-13)10-15-8-3-5-11-4-1-2-9-16-11/h6-7,11,15-16H,1-5,8-10H2. The summed E-state index contributed by atoms with van der Waals surface area (Å²) in [5.74, 6) is 0. The van der Waals surface area contributed by atoms with Gasteiger partial charge in [0.1, 0.15) is 0 Å². The largest absolute Gasteiger partial charge is 0.314 e. The number of hydrogen-bond acceptors (Lipinski definition) is 3. The number of hydrogen-bond donors (Lipinski definition) is 2. The predicted molar refractivity (Wildman–Crippen MR) is 75.9 cm³/mol. The number of nitrogens with one attached hydrogen (secondary N) is 2. The van der Waals surface area contributed by atoms with E-state index in [0.29, 0.717) is 0 Å². The van der Waals surface area contributed by atoms with Gasteiger partial charge in [0.05, 0.1) is 4.34 Å². The molecule has 1 aromatic rings. The van der Waals surface area contributed by atoms with Crippen LogP contribution < -0.4 is 10.6 Å². The Morgan fingerprint density at radius 3 is 3.06 bits per heavy atom. The summed E-state index contributed by atoms with van der Waals surface area (Å²) in [6, 6.07) is 4.83. The van der Waals surface area contributed by atoms with Gasteiger partial charge in [-0.2, -0.15) is 0 Å². The summed E-state index contributed by atoms with van der Waals surface area (Å²) in [7, 11) is 0. The Bertz CT molecular complexity index is 321. The van der Waals surface area contributed by atoms with Crippen LogP contribution in [0.5, 0.6) is 0 Å². The van der Waals surface area contributed by atoms with Crippen LogP contribution in [0.25, 0.3) is 0 Å². The molecular weight excluding hydrogens is 252 g/mol. The maximum absolute atomic E-state index is 5.88. The lowest BCUT2D eigenvalue weighted by Crippen LogP contribution is -2.34. The van der Waals surface area contributed by atoms with Gasteiger partial charge in [0.2, 0.25) is 0 Å². The van der Waals surface area contributed by atoms with E-state index < -0.39 is 0 Å². The smallest absolute Gasteiger partial charge is 0.0931 e. The Balaban J connectivity index is 1.51. The van der Waals surface area contributed by atoms with Crippen molar-refractivity contribution in [3.63, 3.8) is 0 Å². The number of piperidine rings is 1. The molecule has 0 bridgehead atoms. The molecular formula is C13H21ClN2S. The van der Waals surface area contributed by atoms with Crippen molar-refractivity contribution in [3.05, 3.63) is 21.3 Å². The van der Waals surface area contributed by atoms with Crippen molar-refractivity contribution >= 4 is 22.9 Å². The zero-order valence-corrected chi connectivity index (χ0v) is 11.7. The minimum atomic E-state index is 0.765. The average Bonchev–Trinajstić information content (AvgIpc) is 2.76. The molecule has 0 saturated carbocycles. The third-order valence-corrected chi connectivity index (χ3v) is 4.48. The van der Waals surface area contributed by atoms with Crippen LogP contribution in [0.3, 0.4) is 0 Å². The van der Waals surface area contributed by atoms with Crippen LogP contribution in [-0.4, -0.2) is 19.1 Å². The van der Waals surface area contributed by atoms with E-state index >= 15 is 0 Å². The van der Waals surface area contributed by atoms with E-state index in [4.69, 9.17) is 11.6 Å². The SMILES string of the molecule is Clc1ccc(CNCCCC2CCCCN2)s1. The summed E-state index contributed by atoms with van der Waals surface area (Å²) in [6.07, 6.45) is 6.68. The Hall–Kier alpha value is -0.0900. The van der Waals surface area contributed by atoms with E-state index in [1.165, 1.54) is 43.5 Å². The molecule has 2 nitrogen and oxygen atoms in total. The molecule has 4 heteroatoms. The molecule has 1 aromatic heterocycles. The van der Waals surface area contributed by atoms with Crippen molar-refractivity contribution in [2.75, 3.05) is 13.1 Å². The topological polar surface area (TPSA) is 24.1 Å². The van der Waals surface area contributed by atoms with E-state index in [0.717, 1.165) is 23.5 Å². The van der Waals surface area contributed by atoms with E-state index in [1.807, 2.05) is 6.07 Å². The third-order valence-electron chi connectivity index (χ3n) is 3.25. The maximum atomic E-state index is 5.88. The lowest BCUT2D eigenvalue weighted by molar-refractivity contribution is 0.373. The third kappa shape index (κ3) is 4.96. The molecule has 1 atom stereocenters. The second kappa shape index (κ2) is 7.37. The fourth-order valence-corrected chi connectivity index (χ4v) is 3.36.